The third kappa shape index (κ3) is 8.57. The molecule has 14 heteroatoms. The first-order chi connectivity index (χ1) is 24.1. The van der Waals surface area contributed by atoms with E-state index in [0.717, 1.165) is 10.8 Å². The zero-order chi connectivity index (χ0) is 36.3. The zero-order valence-electron chi connectivity index (χ0n) is 29.9. The SMILES string of the molecule is CCOP(=O)(OCC)C(Nc1cccc2c(NC(c3ccc(OC)c(OC)c3)P(=O)(OCC)OCC)cccc12)c1ccc(OC)c(OC)c1. The fraction of sp³-hybridized carbons (Fsp3) is 0.389. The second-order valence-corrected chi connectivity index (χ2v) is 15.0. The van der Waals surface area contributed by atoms with E-state index >= 15 is 0 Å². The minimum Gasteiger partial charge on any atom is -0.493 e. The van der Waals surface area contributed by atoms with Gasteiger partial charge < -0.3 is 47.7 Å². The summed E-state index contributed by atoms with van der Waals surface area (Å²) in [5.41, 5.74) is 2.54. The molecule has 4 aromatic rings. The van der Waals surface area contributed by atoms with E-state index in [4.69, 9.17) is 37.0 Å². The number of methoxy groups -OCH3 is 4. The van der Waals surface area contributed by atoms with Crippen LogP contribution in [0.4, 0.5) is 11.4 Å². The van der Waals surface area contributed by atoms with Crippen molar-refractivity contribution in [3.05, 3.63) is 83.9 Å². The number of hydrogen-bond donors (Lipinski definition) is 2. The Kier molecular flexibility index (Phi) is 14.0. The van der Waals surface area contributed by atoms with Crippen LogP contribution in [0, 0.1) is 0 Å². The molecule has 0 aliphatic heterocycles. The summed E-state index contributed by atoms with van der Waals surface area (Å²) < 4.78 is 74.3. The average Bonchev–Trinajstić information content (AvgIpc) is 3.12. The number of benzene rings is 4. The molecule has 0 aromatic heterocycles. The topological polar surface area (TPSA) is 132 Å². The van der Waals surface area contributed by atoms with E-state index in [1.807, 2.05) is 36.4 Å². The van der Waals surface area contributed by atoms with Crippen molar-refractivity contribution >= 4 is 37.3 Å². The molecule has 0 saturated heterocycles. The lowest BCUT2D eigenvalue weighted by molar-refractivity contribution is 0.213. The molecular weight excluding hydrogens is 682 g/mol. The van der Waals surface area contributed by atoms with E-state index in [-0.39, 0.29) is 26.4 Å². The van der Waals surface area contributed by atoms with Crippen molar-refractivity contribution in [3.8, 4) is 23.0 Å². The summed E-state index contributed by atoms with van der Waals surface area (Å²) in [6.45, 7) is 7.76. The van der Waals surface area contributed by atoms with Gasteiger partial charge in [0, 0.05) is 22.1 Å². The Hall–Kier alpha value is -3.76. The van der Waals surface area contributed by atoms with Crippen molar-refractivity contribution in [2.24, 2.45) is 0 Å². The van der Waals surface area contributed by atoms with E-state index < -0.39 is 26.8 Å². The quantitative estimate of drug-likeness (QED) is 0.0839. The molecule has 0 aliphatic carbocycles. The molecule has 0 heterocycles. The molecule has 12 nitrogen and oxygen atoms in total. The highest BCUT2D eigenvalue weighted by Gasteiger charge is 2.39. The van der Waals surface area contributed by atoms with Gasteiger partial charge in [0.05, 0.1) is 54.9 Å². The third-order valence-electron chi connectivity index (χ3n) is 7.82. The largest absolute Gasteiger partial charge is 0.493 e. The van der Waals surface area contributed by atoms with Crippen molar-refractivity contribution in [2.45, 2.75) is 39.3 Å². The fourth-order valence-electron chi connectivity index (χ4n) is 5.68. The van der Waals surface area contributed by atoms with E-state index in [2.05, 4.69) is 10.6 Å². The first-order valence-electron chi connectivity index (χ1n) is 16.4. The van der Waals surface area contributed by atoms with E-state index in [9.17, 15) is 9.13 Å². The first-order valence-corrected chi connectivity index (χ1v) is 19.6. The minimum atomic E-state index is -3.79. The van der Waals surface area contributed by atoms with E-state index in [1.54, 1.807) is 92.5 Å². The van der Waals surface area contributed by atoms with Crippen LogP contribution in [-0.2, 0) is 27.2 Å². The Morgan fingerprint density at radius 3 is 1.14 bits per heavy atom. The maximum absolute atomic E-state index is 14.4. The predicted octanol–water partition coefficient (Wildman–Crippen LogP) is 9.63. The van der Waals surface area contributed by atoms with Gasteiger partial charge in [0.2, 0.25) is 0 Å². The summed E-state index contributed by atoms with van der Waals surface area (Å²) in [4.78, 5) is 0. The molecule has 0 radical (unpaired) electrons. The molecule has 4 aromatic carbocycles. The predicted molar refractivity (Wildman–Crippen MR) is 197 cm³/mol. The van der Waals surface area contributed by atoms with Crippen LogP contribution in [0.1, 0.15) is 50.4 Å². The van der Waals surface area contributed by atoms with Crippen LogP contribution in [0.2, 0.25) is 0 Å². The van der Waals surface area contributed by atoms with Gasteiger partial charge in [-0.05, 0) is 75.2 Å². The molecule has 0 fully saturated rings. The highest BCUT2D eigenvalue weighted by atomic mass is 31.2. The van der Waals surface area contributed by atoms with Crippen molar-refractivity contribution in [2.75, 3.05) is 65.5 Å². The highest BCUT2D eigenvalue weighted by Crippen LogP contribution is 2.63. The Balaban J connectivity index is 1.87. The Morgan fingerprint density at radius 2 is 0.840 bits per heavy atom. The van der Waals surface area contributed by atoms with Crippen LogP contribution >= 0.6 is 15.2 Å². The van der Waals surface area contributed by atoms with Crippen LogP contribution in [0.3, 0.4) is 0 Å². The van der Waals surface area contributed by atoms with Crippen LogP contribution in [0.15, 0.2) is 72.8 Å². The Morgan fingerprint density at radius 1 is 0.500 bits per heavy atom. The van der Waals surface area contributed by atoms with Gasteiger partial charge in [-0.15, -0.1) is 0 Å². The lowest BCUT2D eigenvalue weighted by Crippen LogP contribution is -2.16. The maximum Gasteiger partial charge on any atom is 0.357 e. The smallest absolute Gasteiger partial charge is 0.357 e. The average molecular weight is 731 g/mol. The van der Waals surface area contributed by atoms with Gasteiger partial charge in [-0.3, -0.25) is 9.13 Å². The summed E-state index contributed by atoms with van der Waals surface area (Å²) in [5, 5.41) is 8.53. The zero-order valence-corrected chi connectivity index (χ0v) is 31.7. The monoisotopic (exact) mass is 730 g/mol. The summed E-state index contributed by atoms with van der Waals surface area (Å²) in [7, 11) is -1.39. The van der Waals surface area contributed by atoms with Crippen LogP contribution < -0.4 is 29.6 Å². The number of hydrogen-bond acceptors (Lipinski definition) is 12. The van der Waals surface area contributed by atoms with Gasteiger partial charge in [-0.25, -0.2) is 0 Å². The van der Waals surface area contributed by atoms with Gasteiger partial charge in [0.1, 0.15) is 0 Å². The molecule has 2 unspecified atom stereocenters. The van der Waals surface area contributed by atoms with Crippen molar-refractivity contribution < 1.29 is 46.2 Å². The highest BCUT2D eigenvalue weighted by molar-refractivity contribution is 7.54. The Bertz CT molecular complexity index is 1670. The summed E-state index contributed by atoms with van der Waals surface area (Å²) in [6.07, 6.45) is 0. The van der Waals surface area contributed by atoms with Crippen molar-refractivity contribution in [3.63, 3.8) is 0 Å². The molecule has 2 atom stereocenters. The summed E-state index contributed by atoms with van der Waals surface area (Å²) in [6, 6.07) is 22.0. The molecule has 0 amide bonds. The molecule has 50 heavy (non-hydrogen) atoms. The number of fused-ring (bicyclic) bond motifs is 1. The molecule has 0 aliphatic rings. The third-order valence-corrected chi connectivity index (χ3v) is 12.4. The first kappa shape index (κ1) is 39.0. The number of nitrogens with one attached hydrogen (secondary N) is 2. The van der Waals surface area contributed by atoms with Gasteiger partial charge in [-0.1, -0.05) is 36.4 Å². The van der Waals surface area contributed by atoms with Crippen LogP contribution in [-0.4, -0.2) is 54.9 Å². The molecule has 0 saturated carbocycles. The number of anilines is 2. The lowest BCUT2D eigenvalue weighted by atomic mass is 10.1. The Labute approximate surface area is 294 Å². The number of ether oxygens (including phenoxy) is 4. The standard InChI is InChI=1S/C36H48N2O10P2/c1-9-45-49(39,46-10-2)35(25-19-21-31(41-5)33(23-25)43-7)37-29-17-13-16-28-27(29)15-14-18-30(28)38-36(50(40,47-11-3)48-12-4)26-20-22-32(42-6)34(24-26)44-8/h13-24,35-38H,9-12H2,1-8H3. The minimum absolute atomic E-state index is 0.170. The molecule has 272 valence electrons. The molecule has 2 N–H and O–H groups in total. The molecule has 0 spiro atoms. The van der Waals surface area contributed by atoms with Crippen molar-refractivity contribution in [1.29, 1.82) is 0 Å². The lowest BCUT2D eigenvalue weighted by Gasteiger charge is -2.30. The summed E-state index contributed by atoms with van der Waals surface area (Å²) in [5.74, 6) is 0.156. The van der Waals surface area contributed by atoms with Gasteiger partial charge >= 0.3 is 15.2 Å². The molecular formula is C36H48N2O10P2. The fourth-order valence-corrected chi connectivity index (χ4v) is 9.52. The van der Waals surface area contributed by atoms with E-state index in [1.165, 1.54) is 0 Å². The van der Waals surface area contributed by atoms with Crippen molar-refractivity contribution in [1.82, 2.24) is 0 Å². The second kappa shape index (κ2) is 17.9. The molecule has 4 rings (SSSR count). The summed E-state index contributed by atoms with van der Waals surface area (Å²) >= 11 is 0. The second-order valence-electron chi connectivity index (χ2n) is 10.8. The van der Waals surface area contributed by atoms with Crippen LogP contribution in [0.5, 0.6) is 23.0 Å². The normalized spacial score (nSPS) is 13.0. The number of rotatable bonds is 20. The van der Waals surface area contributed by atoms with Crippen LogP contribution in [0.25, 0.3) is 10.8 Å². The molecule has 0 bridgehead atoms. The van der Waals surface area contributed by atoms with Gasteiger partial charge in [-0.2, -0.15) is 0 Å². The van der Waals surface area contributed by atoms with E-state index in [0.29, 0.717) is 45.5 Å². The maximum atomic E-state index is 14.4. The van der Waals surface area contributed by atoms with Gasteiger partial charge in [0.25, 0.3) is 0 Å². The van der Waals surface area contributed by atoms with Gasteiger partial charge in [0.15, 0.2) is 34.6 Å².